The SMILES string of the molecule is CCC(C)N1CCC2(CCN(C)C2)CC1. The largest absolute Gasteiger partial charge is 0.306 e. The van der Waals surface area contributed by atoms with Crippen LogP contribution in [0.1, 0.15) is 39.5 Å². The topological polar surface area (TPSA) is 6.48 Å². The Balaban J connectivity index is 1.86. The Hall–Kier alpha value is -0.0800. The second-order valence-electron chi connectivity index (χ2n) is 5.78. The van der Waals surface area contributed by atoms with Crippen LogP contribution in [-0.2, 0) is 0 Å². The third kappa shape index (κ3) is 2.36. The number of hydrogen-bond donors (Lipinski definition) is 0. The van der Waals surface area contributed by atoms with Gasteiger partial charge in [0.15, 0.2) is 0 Å². The highest BCUT2D eigenvalue weighted by molar-refractivity contribution is 4.93. The summed E-state index contributed by atoms with van der Waals surface area (Å²) in [5, 5.41) is 0. The minimum Gasteiger partial charge on any atom is -0.306 e. The van der Waals surface area contributed by atoms with Gasteiger partial charge in [-0.05, 0) is 64.7 Å². The van der Waals surface area contributed by atoms with Crippen LogP contribution in [0, 0.1) is 5.41 Å². The molecule has 2 rings (SSSR count). The van der Waals surface area contributed by atoms with Gasteiger partial charge in [-0.15, -0.1) is 0 Å². The van der Waals surface area contributed by atoms with Gasteiger partial charge in [0.25, 0.3) is 0 Å². The van der Waals surface area contributed by atoms with Crippen molar-refractivity contribution < 1.29 is 0 Å². The first-order valence-electron chi connectivity index (χ1n) is 6.58. The van der Waals surface area contributed by atoms with Crippen molar-refractivity contribution in [1.82, 2.24) is 9.80 Å². The molecule has 0 aromatic carbocycles. The van der Waals surface area contributed by atoms with Crippen molar-refractivity contribution >= 4 is 0 Å². The average Bonchev–Trinajstić information content (AvgIpc) is 2.60. The Morgan fingerprint density at radius 1 is 1.13 bits per heavy atom. The summed E-state index contributed by atoms with van der Waals surface area (Å²) in [6.07, 6.45) is 5.61. The second-order valence-corrected chi connectivity index (χ2v) is 5.78. The Labute approximate surface area is 94.6 Å². The first-order valence-corrected chi connectivity index (χ1v) is 6.58. The highest BCUT2D eigenvalue weighted by Crippen LogP contribution is 2.40. The van der Waals surface area contributed by atoms with Gasteiger partial charge in [-0.3, -0.25) is 0 Å². The van der Waals surface area contributed by atoms with Crippen LogP contribution in [0.3, 0.4) is 0 Å². The van der Waals surface area contributed by atoms with Crippen LogP contribution >= 0.6 is 0 Å². The lowest BCUT2D eigenvalue weighted by Crippen LogP contribution is -2.44. The van der Waals surface area contributed by atoms with Crippen LogP contribution in [-0.4, -0.2) is 49.1 Å². The lowest BCUT2D eigenvalue weighted by molar-refractivity contribution is 0.0823. The molecule has 2 aliphatic rings. The normalized spacial score (nSPS) is 29.8. The minimum absolute atomic E-state index is 0.693. The maximum atomic E-state index is 2.68. The zero-order valence-corrected chi connectivity index (χ0v) is 10.6. The van der Waals surface area contributed by atoms with E-state index in [1.807, 2.05) is 0 Å². The van der Waals surface area contributed by atoms with Crippen LogP contribution < -0.4 is 0 Å². The molecule has 0 saturated carbocycles. The predicted octanol–water partition coefficient (Wildman–Crippen LogP) is 2.20. The van der Waals surface area contributed by atoms with E-state index in [0.717, 1.165) is 6.04 Å². The van der Waals surface area contributed by atoms with Gasteiger partial charge in [0.2, 0.25) is 0 Å². The van der Waals surface area contributed by atoms with Crippen molar-refractivity contribution in [2.24, 2.45) is 5.41 Å². The molecule has 0 N–H and O–H groups in total. The summed E-state index contributed by atoms with van der Waals surface area (Å²) in [4.78, 5) is 5.20. The number of hydrogen-bond acceptors (Lipinski definition) is 2. The Kier molecular flexibility index (Phi) is 3.36. The molecule has 0 radical (unpaired) electrons. The van der Waals surface area contributed by atoms with E-state index in [-0.39, 0.29) is 0 Å². The third-order valence-electron chi connectivity index (χ3n) is 4.70. The quantitative estimate of drug-likeness (QED) is 0.689. The molecule has 0 amide bonds. The van der Waals surface area contributed by atoms with Gasteiger partial charge < -0.3 is 9.80 Å². The first kappa shape index (κ1) is 11.4. The Bertz CT molecular complexity index is 207. The first-order chi connectivity index (χ1) is 7.15. The summed E-state index contributed by atoms with van der Waals surface area (Å²) >= 11 is 0. The fourth-order valence-corrected chi connectivity index (χ4v) is 3.26. The monoisotopic (exact) mass is 210 g/mol. The highest BCUT2D eigenvalue weighted by Gasteiger charge is 2.39. The molecule has 0 aromatic heterocycles. The molecule has 15 heavy (non-hydrogen) atoms. The van der Waals surface area contributed by atoms with Crippen molar-refractivity contribution in [3.63, 3.8) is 0 Å². The van der Waals surface area contributed by atoms with Crippen LogP contribution in [0.2, 0.25) is 0 Å². The van der Waals surface area contributed by atoms with E-state index < -0.39 is 0 Å². The molecule has 2 saturated heterocycles. The molecule has 0 aliphatic carbocycles. The summed E-state index contributed by atoms with van der Waals surface area (Å²) in [6.45, 7) is 10.0. The predicted molar refractivity (Wildman–Crippen MR) is 65.1 cm³/mol. The van der Waals surface area contributed by atoms with E-state index in [0.29, 0.717) is 5.41 Å². The van der Waals surface area contributed by atoms with Gasteiger partial charge in [-0.2, -0.15) is 0 Å². The summed E-state index contributed by atoms with van der Waals surface area (Å²) in [5.74, 6) is 0. The van der Waals surface area contributed by atoms with E-state index in [9.17, 15) is 0 Å². The van der Waals surface area contributed by atoms with Gasteiger partial charge in [-0.25, -0.2) is 0 Å². The summed E-state index contributed by atoms with van der Waals surface area (Å²) in [5.41, 5.74) is 0.693. The fourth-order valence-electron chi connectivity index (χ4n) is 3.26. The maximum absolute atomic E-state index is 2.68. The smallest absolute Gasteiger partial charge is 0.00643 e. The number of nitrogens with zero attached hydrogens (tertiary/aromatic N) is 2. The molecule has 2 fully saturated rings. The zero-order valence-electron chi connectivity index (χ0n) is 10.6. The van der Waals surface area contributed by atoms with Crippen LogP contribution in [0.5, 0.6) is 0 Å². The van der Waals surface area contributed by atoms with E-state index in [1.54, 1.807) is 0 Å². The maximum Gasteiger partial charge on any atom is 0.00643 e. The van der Waals surface area contributed by atoms with Gasteiger partial charge in [0, 0.05) is 12.6 Å². The van der Waals surface area contributed by atoms with Crippen molar-refractivity contribution in [2.45, 2.75) is 45.6 Å². The number of likely N-dealkylation sites (tertiary alicyclic amines) is 2. The van der Waals surface area contributed by atoms with Gasteiger partial charge in [-0.1, -0.05) is 6.92 Å². The molecule has 2 aliphatic heterocycles. The van der Waals surface area contributed by atoms with E-state index in [1.165, 1.54) is 51.9 Å². The fraction of sp³-hybridized carbons (Fsp3) is 1.00. The lowest BCUT2D eigenvalue weighted by Gasteiger charge is -2.41. The average molecular weight is 210 g/mol. The summed E-state index contributed by atoms with van der Waals surface area (Å²) < 4.78 is 0. The molecular formula is C13H26N2. The number of rotatable bonds is 2. The van der Waals surface area contributed by atoms with E-state index >= 15 is 0 Å². The van der Waals surface area contributed by atoms with Gasteiger partial charge >= 0.3 is 0 Å². The lowest BCUT2D eigenvalue weighted by atomic mass is 9.77. The van der Waals surface area contributed by atoms with Crippen molar-refractivity contribution in [1.29, 1.82) is 0 Å². The van der Waals surface area contributed by atoms with Crippen molar-refractivity contribution in [2.75, 3.05) is 33.2 Å². The third-order valence-corrected chi connectivity index (χ3v) is 4.70. The molecule has 2 nitrogen and oxygen atoms in total. The molecule has 1 spiro atoms. The second kappa shape index (κ2) is 4.42. The molecule has 0 aromatic rings. The van der Waals surface area contributed by atoms with Crippen molar-refractivity contribution in [3.8, 4) is 0 Å². The molecule has 2 heterocycles. The summed E-state index contributed by atoms with van der Waals surface area (Å²) in [6, 6.07) is 0.793. The zero-order chi connectivity index (χ0) is 10.9. The number of piperidine rings is 1. The molecule has 1 atom stereocenters. The minimum atomic E-state index is 0.693. The molecule has 0 bridgehead atoms. The van der Waals surface area contributed by atoms with Crippen LogP contribution in [0.25, 0.3) is 0 Å². The van der Waals surface area contributed by atoms with Crippen LogP contribution in [0.4, 0.5) is 0 Å². The Morgan fingerprint density at radius 2 is 1.73 bits per heavy atom. The highest BCUT2D eigenvalue weighted by atomic mass is 15.2. The summed E-state index contributed by atoms with van der Waals surface area (Å²) in [7, 11) is 2.27. The van der Waals surface area contributed by atoms with Gasteiger partial charge in [0.05, 0.1) is 0 Å². The standard InChI is InChI=1S/C13H26N2/c1-4-12(2)15-9-6-13(7-10-15)5-8-14(3)11-13/h12H,4-11H2,1-3H3. The molecule has 2 heteroatoms. The molecule has 1 unspecified atom stereocenters. The van der Waals surface area contributed by atoms with E-state index in [4.69, 9.17) is 0 Å². The molecule has 88 valence electrons. The van der Waals surface area contributed by atoms with Crippen molar-refractivity contribution in [3.05, 3.63) is 0 Å². The van der Waals surface area contributed by atoms with E-state index in [2.05, 4.69) is 30.7 Å². The van der Waals surface area contributed by atoms with Crippen LogP contribution in [0.15, 0.2) is 0 Å². The Morgan fingerprint density at radius 3 is 2.20 bits per heavy atom. The molecular weight excluding hydrogens is 184 g/mol. The van der Waals surface area contributed by atoms with Gasteiger partial charge in [0.1, 0.15) is 0 Å².